The van der Waals surface area contributed by atoms with E-state index >= 15 is 0 Å². The van der Waals surface area contributed by atoms with Crippen LogP contribution in [-0.2, 0) is 4.79 Å². The van der Waals surface area contributed by atoms with E-state index in [-0.39, 0.29) is 17.7 Å². The Balaban J connectivity index is 1.52. The number of anilines is 1. The van der Waals surface area contributed by atoms with Crippen molar-refractivity contribution in [1.29, 1.82) is 5.26 Å². The maximum atomic E-state index is 12.0. The summed E-state index contributed by atoms with van der Waals surface area (Å²) in [5.74, 6) is 1.40. The van der Waals surface area contributed by atoms with Gasteiger partial charge in [-0.2, -0.15) is 5.26 Å². The standard InChI is InChI=1S/C18H22N6O/c1-18-8-13(7-12(18)9-24(10-18)15(25)3-5-19)23(2)17-14-4-6-20-16(14)21-11-22-17/h4,6,11-13H,3,7-10H2,1-2H3,(H,20,21,22). The Hall–Kier alpha value is -2.62. The van der Waals surface area contributed by atoms with Crippen LogP contribution >= 0.6 is 0 Å². The molecule has 1 saturated carbocycles. The number of H-pyrrole nitrogens is 1. The maximum absolute atomic E-state index is 12.0. The number of rotatable bonds is 3. The number of nitrogens with one attached hydrogen (secondary N) is 1. The van der Waals surface area contributed by atoms with Gasteiger partial charge < -0.3 is 14.8 Å². The molecular weight excluding hydrogens is 316 g/mol. The molecule has 25 heavy (non-hydrogen) atoms. The first-order chi connectivity index (χ1) is 12.0. The van der Waals surface area contributed by atoms with E-state index in [0.29, 0.717) is 12.0 Å². The van der Waals surface area contributed by atoms with Crippen molar-refractivity contribution in [2.24, 2.45) is 11.3 Å². The van der Waals surface area contributed by atoms with E-state index in [1.54, 1.807) is 6.33 Å². The number of nitrogens with zero attached hydrogens (tertiary/aromatic N) is 5. The number of nitriles is 1. The second-order valence-electron chi connectivity index (χ2n) is 7.60. The lowest BCUT2D eigenvalue weighted by molar-refractivity contribution is -0.129. The van der Waals surface area contributed by atoms with Gasteiger partial charge in [0.15, 0.2) is 0 Å². The minimum absolute atomic E-state index is 0.0153. The molecule has 3 atom stereocenters. The summed E-state index contributed by atoms with van der Waals surface area (Å²) in [6.07, 6.45) is 5.54. The number of aromatic amines is 1. The van der Waals surface area contributed by atoms with Gasteiger partial charge in [0, 0.05) is 32.4 Å². The van der Waals surface area contributed by atoms with Crippen LogP contribution in [0.15, 0.2) is 18.6 Å². The monoisotopic (exact) mass is 338 g/mol. The summed E-state index contributed by atoms with van der Waals surface area (Å²) in [5, 5.41) is 9.79. The van der Waals surface area contributed by atoms with Gasteiger partial charge in [-0.25, -0.2) is 9.97 Å². The van der Waals surface area contributed by atoms with Crippen molar-refractivity contribution < 1.29 is 4.79 Å². The van der Waals surface area contributed by atoms with Gasteiger partial charge in [-0.1, -0.05) is 6.92 Å². The molecule has 2 fully saturated rings. The molecule has 7 nitrogen and oxygen atoms in total. The molecule has 1 aliphatic heterocycles. The lowest BCUT2D eigenvalue weighted by Crippen LogP contribution is -2.36. The summed E-state index contributed by atoms with van der Waals surface area (Å²) < 4.78 is 0. The van der Waals surface area contributed by atoms with E-state index in [9.17, 15) is 4.79 Å². The van der Waals surface area contributed by atoms with Crippen LogP contribution in [0.5, 0.6) is 0 Å². The van der Waals surface area contributed by atoms with Gasteiger partial charge in [0.2, 0.25) is 5.91 Å². The number of amides is 1. The van der Waals surface area contributed by atoms with Gasteiger partial charge in [-0.3, -0.25) is 4.79 Å². The van der Waals surface area contributed by atoms with Crippen molar-refractivity contribution in [3.63, 3.8) is 0 Å². The van der Waals surface area contributed by atoms with E-state index in [1.165, 1.54) is 0 Å². The fraction of sp³-hybridized carbons (Fsp3) is 0.556. The van der Waals surface area contributed by atoms with Gasteiger partial charge in [0.05, 0.1) is 11.5 Å². The summed E-state index contributed by atoms with van der Waals surface area (Å²) in [5.41, 5.74) is 0.975. The zero-order chi connectivity index (χ0) is 17.6. The first-order valence-corrected chi connectivity index (χ1v) is 8.67. The smallest absolute Gasteiger partial charge is 0.236 e. The Morgan fingerprint density at radius 3 is 3.16 bits per heavy atom. The average Bonchev–Trinajstić information content (AvgIpc) is 3.25. The molecular formula is C18H22N6O. The van der Waals surface area contributed by atoms with Crippen LogP contribution in [0.1, 0.15) is 26.2 Å². The molecule has 3 heterocycles. The molecule has 3 unspecified atom stereocenters. The predicted octanol–water partition coefficient (Wildman–Crippen LogP) is 1.93. The van der Waals surface area contributed by atoms with Crippen LogP contribution in [-0.4, -0.2) is 51.9 Å². The molecule has 1 amide bonds. The number of carbonyl (C=O) groups excluding carboxylic acids is 1. The molecule has 2 aromatic heterocycles. The van der Waals surface area contributed by atoms with Crippen LogP contribution in [0.3, 0.4) is 0 Å². The van der Waals surface area contributed by atoms with Crippen molar-refractivity contribution in [3.8, 4) is 6.07 Å². The van der Waals surface area contributed by atoms with Crippen LogP contribution in [0, 0.1) is 22.7 Å². The third-order valence-corrected chi connectivity index (χ3v) is 6.03. The van der Waals surface area contributed by atoms with Crippen molar-refractivity contribution >= 4 is 22.8 Å². The summed E-state index contributed by atoms with van der Waals surface area (Å²) in [7, 11) is 2.10. The Bertz CT molecular complexity index is 855. The van der Waals surface area contributed by atoms with Crippen LogP contribution in [0.25, 0.3) is 11.0 Å². The largest absolute Gasteiger partial charge is 0.356 e. The van der Waals surface area contributed by atoms with E-state index in [1.807, 2.05) is 23.2 Å². The molecule has 7 heteroatoms. The highest BCUT2D eigenvalue weighted by molar-refractivity contribution is 5.87. The van der Waals surface area contributed by atoms with Crippen molar-refractivity contribution in [1.82, 2.24) is 19.9 Å². The van der Waals surface area contributed by atoms with Crippen LogP contribution in [0.4, 0.5) is 5.82 Å². The third-order valence-electron chi connectivity index (χ3n) is 6.03. The molecule has 2 aromatic rings. The quantitative estimate of drug-likeness (QED) is 0.924. The molecule has 1 N–H and O–H groups in total. The second kappa shape index (κ2) is 5.73. The van der Waals surface area contributed by atoms with E-state index in [4.69, 9.17) is 5.26 Å². The van der Waals surface area contributed by atoms with Crippen LogP contribution < -0.4 is 4.90 Å². The van der Waals surface area contributed by atoms with Crippen molar-refractivity contribution in [2.45, 2.75) is 32.2 Å². The zero-order valence-electron chi connectivity index (χ0n) is 14.6. The maximum Gasteiger partial charge on any atom is 0.236 e. The first kappa shape index (κ1) is 15.9. The third kappa shape index (κ3) is 2.53. The lowest BCUT2D eigenvalue weighted by atomic mass is 9.83. The molecule has 130 valence electrons. The molecule has 0 bridgehead atoms. The minimum Gasteiger partial charge on any atom is -0.356 e. The van der Waals surface area contributed by atoms with E-state index < -0.39 is 0 Å². The van der Waals surface area contributed by atoms with Crippen molar-refractivity contribution in [3.05, 3.63) is 18.6 Å². The summed E-state index contributed by atoms with van der Waals surface area (Å²) in [6, 6.07) is 4.38. The fourth-order valence-corrected chi connectivity index (χ4v) is 4.63. The summed E-state index contributed by atoms with van der Waals surface area (Å²) in [6.45, 7) is 3.80. The Morgan fingerprint density at radius 2 is 2.40 bits per heavy atom. The van der Waals surface area contributed by atoms with Crippen LogP contribution in [0.2, 0.25) is 0 Å². The highest BCUT2D eigenvalue weighted by atomic mass is 16.2. The molecule has 0 radical (unpaired) electrons. The number of carbonyl (C=O) groups is 1. The van der Waals surface area contributed by atoms with E-state index in [0.717, 1.165) is 42.8 Å². The summed E-state index contributed by atoms with van der Waals surface area (Å²) >= 11 is 0. The number of hydrogen-bond acceptors (Lipinski definition) is 5. The molecule has 0 spiro atoms. The van der Waals surface area contributed by atoms with E-state index in [2.05, 4.69) is 33.8 Å². The number of hydrogen-bond donors (Lipinski definition) is 1. The Morgan fingerprint density at radius 1 is 1.56 bits per heavy atom. The molecule has 1 saturated heterocycles. The topological polar surface area (TPSA) is 88.9 Å². The predicted molar refractivity (Wildman–Crippen MR) is 93.7 cm³/mol. The molecule has 4 rings (SSSR count). The van der Waals surface area contributed by atoms with Gasteiger partial charge in [0.1, 0.15) is 24.2 Å². The minimum atomic E-state index is -0.0344. The normalized spacial score (nSPS) is 28.1. The highest BCUT2D eigenvalue weighted by Gasteiger charge is 2.51. The SMILES string of the molecule is CN(c1ncnc2[nH]ccc12)C1CC2CN(C(=O)CC#N)CC2(C)C1. The molecule has 1 aliphatic carbocycles. The molecule has 2 aliphatic rings. The lowest BCUT2D eigenvalue weighted by Gasteiger charge is -2.29. The Labute approximate surface area is 146 Å². The summed E-state index contributed by atoms with van der Waals surface area (Å²) in [4.78, 5) is 28.1. The Kier molecular flexibility index (Phi) is 3.64. The van der Waals surface area contributed by atoms with Crippen molar-refractivity contribution in [2.75, 3.05) is 25.0 Å². The highest BCUT2D eigenvalue weighted by Crippen LogP contribution is 2.50. The van der Waals surface area contributed by atoms with Gasteiger partial charge in [-0.05, 0) is 30.2 Å². The number of likely N-dealkylation sites (tertiary alicyclic amines) is 1. The van der Waals surface area contributed by atoms with Gasteiger partial charge >= 0.3 is 0 Å². The van der Waals surface area contributed by atoms with Gasteiger partial charge in [0.25, 0.3) is 0 Å². The van der Waals surface area contributed by atoms with Gasteiger partial charge in [-0.15, -0.1) is 0 Å². The first-order valence-electron chi connectivity index (χ1n) is 8.67. The zero-order valence-corrected chi connectivity index (χ0v) is 14.6. The number of aromatic nitrogens is 3. The average molecular weight is 338 g/mol. The fourth-order valence-electron chi connectivity index (χ4n) is 4.63. The second-order valence-corrected chi connectivity index (χ2v) is 7.60. The number of fused-ring (bicyclic) bond motifs is 2. The molecule has 0 aromatic carbocycles.